The number of nitrogens with one attached hydrogen (secondary N) is 1. The number of esters is 1. The number of amides is 1. The third-order valence-corrected chi connectivity index (χ3v) is 5.15. The molecule has 0 unspecified atom stereocenters. The van der Waals surface area contributed by atoms with Crippen molar-refractivity contribution in [2.24, 2.45) is 5.92 Å². The fraction of sp³-hybridized carbons (Fsp3) is 0.692. The number of unbranched alkanes of at least 4 members (excludes halogenated alkanes) is 4. The van der Waals surface area contributed by atoms with E-state index in [0.717, 1.165) is 31.2 Å². The summed E-state index contributed by atoms with van der Waals surface area (Å²) in [6.45, 7) is 10.2. The molecule has 0 bridgehead atoms. The molecule has 5 heteroatoms. The Labute approximate surface area is 189 Å². The van der Waals surface area contributed by atoms with Crippen LogP contribution in [-0.4, -0.2) is 30.3 Å². The highest BCUT2D eigenvalue weighted by atomic mass is 16.6. The van der Waals surface area contributed by atoms with Gasteiger partial charge in [0.25, 0.3) is 0 Å². The van der Waals surface area contributed by atoms with E-state index in [4.69, 9.17) is 9.47 Å². The van der Waals surface area contributed by atoms with Crippen LogP contribution in [0.5, 0.6) is 0 Å². The van der Waals surface area contributed by atoms with Gasteiger partial charge in [0.1, 0.15) is 11.6 Å². The molecule has 176 valence electrons. The number of carbonyl (C=O) groups excluding carboxylic acids is 2. The Morgan fingerprint density at radius 3 is 2.03 bits per heavy atom. The van der Waals surface area contributed by atoms with Crippen LogP contribution in [0, 0.1) is 5.92 Å². The summed E-state index contributed by atoms with van der Waals surface area (Å²) in [4.78, 5) is 25.2. The summed E-state index contributed by atoms with van der Waals surface area (Å²) in [5, 5.41) is 2.71. The average molecular weight is 434 g/mol. The lowest BCUT2D eigenvalue weighted by Crippen LogP contribution is -2.45. The lowest BCUT2D eigenvalue weighted by atomic mass is 9.96. The van der Waals surface area contributed by atoms with E-state index in [1.807, 2.05) is 30.3 Å². The Morgan fingerprint density at radius 2 is 1.52 bits per heavy atom. The Morgan fingerprint density at radius 1 is 0.935 bits per heavy atom. The van der Waals surface area contributed by atoms with E-state index in [2.05, 4.69) is 19.2 Å². The minimum absolute atomic E-state index is 0.370. The summed E-state index contributed by atoms with van der Waals surface area (Å²) in [6.07, 6.45) is 9.01. The summed E-state index contributed by atoms with van der Waals surface area (Å²) >= 11 is 0. The molecule has 0 saturated carbocycles. The average Bonchev–Trinajstić information content (AvgIpc) is 2.70. The fourth-order valence-corrected chi connectivity index (χ4v) is 3.47. The van der Waals surface area contributed by atoms with Crippen LogP contribution in [0.2, 0.25) is 0 Å². The second-order valence-electron chi connectivity index (χ2n) is 9.38. The molecule has 0 spiro atoms. The van der Waals surface area contributed by atoms with Crippen molar-refractivity contribution in [1.29, 1.82) is 0 Å². The van der Waals surface area contributed by atoms with Gasteiger partial charge >= 0.3 is 12.1 Å². The van der Waals surface area contributed by atoms with Gasteiger partial charge in [-0.3, -0.25) is 0 Å². The number of carbonyl (C=O) groups is 2. The smallest absolute Gasteiger partial charge is 0.408 e. The number of benzene rings is 1. The predicted molar refractivity (Wildman–Crippen MR) is 126 cm³/mol. The molecule has 31 heavy (non-hydrogen) atoms. The highest BCUT2D eigenvalue weighted by Crippen LogP contribution is 2.19. The highest BCUT2D eigenvalue weighted by Gasteiger charge is 2.26. The third-order valence-electron chi connectivity index (χ3n) is 5.15. The van der Waals surface area contributed by atoms with Gasteiger partial charge in [0.15, 0.2) is 0 Å². The fourth-order valence-electron chi connectivity index (χ4n) is 3.47. The molecule has 0 aliphatic carbocycles. The predicted octanol–water partition coefficient (Wildman–Crippen LogP) is 6.44. The lowest BCUT2D eigenvalue weighted by Gasteiger charge is -2.24. The quantitative estimate of drug-likeness (QED) is 0.271. The summed E-state index contributed by atoms with van der Waals surface area (Å²) in [5.74, 6) is -0.0216. The normalized spacial score (nSPS) is 12.5. The second-order valence-corrected chi connectivity index (χ2v) is 9.38. The van der Waals surface area contributed by atoms with Gasteiger partial charge in [-0.15, -0.1) is 0 Å². The van der Waals surface area contributed by atoms with Crippen LogP contribution < -0.4 is 5.32 Å². The topological polar surface area (TPSA) is 64.6 Å². The van der Waals surface area contributed by atoms with E-state index < -0.39 is 23.7 Å². The second kappa shape index (κ2) is 14.9. The van der Waals surface area contributed by atoms with E-state index in [1.165, 1.54) is 25.7 Å². The largest absolute Gasteiger partial charge is 0.464 e. The van der Waals surface area contributed by atoms with E-state index in [-0.39, 0.29) is 0 Å². The van der Waals surface area contributed by atoms with Gasteiger partial charge in [-0.1, -0.05) is 82.7 Å². The van der Waals surface area contributed by atoms with Gasteiger partial charge in [-0.25, -0.2) is 9.59 Å². The Bertz CT molecular complexity index is 614. The Kier molecular flexibility index (Phi) is 13.0. The van der Waals surface area contributed by atoms with Crippen LogP contribution in [0.1, 0.15) is 91.5 Å². The molecule has 1 aromatic carbocycles. The van der Waals surface area contributed by atoms with Crippen molar-refractivity contribution in [2.75, 3.05) is 6.61 Å². The van der Waals surface area contributed by atoms with Gasteiger partial charge in [-0.2, -0.15) is 0 Å². The number of hydrogen-bond donors (Lipinski definition) is 1. The van der Waals surface area contributed by atoms with E-state index >= 15 is 0 Å². The molecular formula is C26H43NO4. The third kappa shape index (κ3) is 13.1. The first kappa shape index (κ1) is 27.0. The molecule has 1 rings (SSSR count). The molecule has 1 aromatic rings. The molecule has 5 nitrogen and oxygen atoms in total. The van der Waals surface area contributed by atoms with Crippen LogP contribution in [0.15, 0.2) is 30.3 Å². The molecule has 0 radical (unpaired) electrons. The molecule has 1 N–H and O–H groups in total. The van der Waals surface area contributed by atoms with Gasteiger partial charge in [0.2, 0.25) is 0 Å². The summed E-state index contributed by atoms with van der Waals surface area (Å²) in [5.41, 5.74) is 0.331. The van der Waals surface area contributed by atoms with Crippen LogP contribution >= 0.6 is 0 Å². The first-order chi connectivity index (χ1) is 14.7. The zero-order valence-electron chi connectivity index (χ0n) is 20.2. The monoisotopic (exact) mass is 433 g/mol. The molecular weight excluding hydrogens is 390 g/mol. The first-order valence-electron chi connectivity index (χ1n) is 11.9. The van der Waals surface area contributed by atoms with E-state index in [0.29, 0.717) is 18.9 Å². The molecule has 0 fully saturated rings. The van der Waals surface area contributed by atoms with Crippen LogP contribution in [0.4, 0.5) is 4.79 Å². The summed E-state index contributed by atoms with van der Waals surface area (Å²) < 4.78 is 11.1. The molecule has 1 atom stereocenters. The lowest BCUT2D eigenvalue weighted by molar-refractivity contribution is -0.147. The number of hydrogen-bond acceptors (Lipinski definition) is 4. The van der Waals surface area contributed by atoms with Crippen molar-refractivity contribution in [3.05, 3.63) is 35.9 Å². The van der Waals surface area contributed by atoms with Gasteiger partial charge < -0.3 is 14.8 Å². The van der Waals surface area contributed by atoms with Crippen molar-refractivity contribution in [3.8, 4) is 0 Å². The Balaban J connectivity index is 2.74. The number of alkyl carbamates (subject to hydrolysis) is 1. The molecule has 0 aliphatic rings. The standard InChI is InChI=1S/C26H43NO4/c1-6-8-11-17-22(18-12-9-7-2)20-30-24(28)23(19-21-15-13-10-14-16-21)27-25(29)31-26(3,4)5/h10,13-16,22-23H,6-9,11-12,17-20H2,1-5H3,(H,27,29)/t23-/m0/s1. The maximum absolute atomic E-state index is 12.9. The van der Waals surface area contributed by atoms with E-state index in [9.17, 15) is 9.59 Å². The van der Waals surface area contributed by atoms with Crippen molar-refractivity contribution in [2.45, 2.75) is 104 Å². The van der Waals surface area contributed by atoms with Gasteiger partial charge in [-0.05, 0) is 45.1 Å². The SMILES string of the molecule is CCCCCC(CCCCC)COC(=O)[C@H](Cc1ccccc1)NC(=O)OC(C)(C)C. The maximum Gasteiger partial charge on any atom is 0.408 e. The van der Waals surface area contributed by atoms with Crippen LogP contribution in [-0.2, 0) is 20.7 Å². The summed E-state index contributed by atoms with van der Waals surface area (Å²) in [6, 6.07) is 8.87. The minimum Gasteiger partial charge on any atom is -0.464 e. The van der Waals surface area contributed by atoms with E-state index in [1.54, 1.807) is 20.8 Å². The molecule has 1 amide bonds. The van der Waals surface area contributed by atoms with Crippen molar-refractivity contribution >= 4 is 12.1 Å². The minimum atomic E-state index is -0.774. The Hall–Kier alpha value is -2.04. The zero-order chi connectivity index (χ0) is 23.1. The van der Waals surface area contributed by atoms with Crippen LogP contribution in [0.25, 0.3) is 0 Å². The van der Waals surface area contributed by atoms with Gasteiger partial charge in [0.05, 0.1) is 6.61 Å². The number of ether oxygens (including phenoxy) is 2. The molecule has 0 aromatic heterocycles. The highest BCUT2D eigenvalue weighted by molar-refractivity contribution is 5.81. The number of rotatable bonds is 14. The van der Waals surface area contributed by atoms with Gasteiger partial charge in [0, 0.05) is 6.42 Å². The first-order valence-corrected chi connectivity index (χ1v) is 11.9. The molecule has 0 saturated heterocycles. The maximum atomic E-state index is 12.9. The molecule has 0 heterocycles. The zero-order valence-corrected chi connectivity index (χ0v) is 20.2. The van der Waals surface area contributed by atoms with Crippen molar-refractivity contribution in [1.82, 2.24) is 5.32 Å². The van der Waals surface area contributed by atoms with Crippen molar-refractivity contribution < 1.29 is 19.1 Å². The molecule has 0 aliphatic heterocycles. The van der Waals surface area contributed by atoms with Crippen molar-refractivity contribution in [3.63, 3.8) is 0 Å². The summed E-state index contributed by atoms with van der Waals surface area (Å²) in [7, 11) is 0. The van der Waals surface area contributed by atoms with Crippen LogP contribution in [0.3, 0.4) is 0 Å².